The Morgan fingerprint density at radius 2 is 1.10 bits per heavy atom. The fraction of sp³-hybridized carbons (Fsp3) is 1.00. The Balaban J connectivity index is 1.60. The standard InChI is InChI=1S/C21H38/c1-17-12-14-18(15-13-17)16-21(19-8-4-2-5-9-19)20-10-6-3-7-11-20/h17-21H,2-16H2,1H3. The van der Waals surface area contributed by atoms with Crippen LogP contribution in [0.15, 0.2) is 0 Å². The van der Waals surface area contributed by atoms with Crippen LogP contribution in [0.5, 0.6) is 0 Å². The van der Waals surface area contributed by atoms with Crippen molar-refractivity contribution < 1.29 is 0 Å². The van der Waals surface area contributed by atoms with Crippen molar-refractivity contribution in [2.45, 2.75) is 103 Å². The quantitative estimate of drug-likeness (QED) is 0.524. The maximum atomic E-state index is 2.47. The molecule has 0 unspecified atom stereocenters. The SMILES string of the molecule is CC1CCC(CC(C2CCCCC2)C2CCCCC2)CC1. The van der Waals surface area contributed by atoms with Crippen LogP contribution in [0.3, 0.4) is 0 Å². The number of hydrogen-bond donors (Lipinski definition) is 0. The third kappa shape index (κ3) is 4.49. The van der Waals surface area contributed by atoms with Gasteiger partial charge in [-0.15, -0.1) is 0 Å². The lowest BCUT2D eigenvalue weighted by atomic mass is 9.65. The van der Waals surface area contributed by atoms with Crippen molar-refractivity contribution in [3.63, 3.8) is 0 Å². The van der Waals surface area contributed by atoms with E-state index in [1.165, 1.54) is 51.4 Å². The van der Waals surface area contributed by atoms with Crippen molar-refractivity contribution in [2.75, 3.05) is 0 Å². The van der Waals surface area contributed by atoms with Gasteiger partial charge in [0, 0.05) is 0 Å². The Morgan fingerprint density at radius 3 is 1.57 bits per heavy atom. The van der Waals surface area contributed by atoms with E-state index in [2.05, 4.69) is 6.92 Å². The van der Waals surface area contributed by atoms with Gasteiger partial charge in [0.25, 0.3) is 0 Å². The fourth-order valence-electron chi connectivity index (χ4n) is 5.84. The van der Waals surface area contributed by atoms with Crippen molar-refractivity contribution in [3.8, 4) is 0 Å². The first-order chi connectivity index (χ1) is 10.3. The molecule has 0 nitrogen and oxygen atoms in total. The van der Waals surface area contributed by atoms with E-state index < -0.39 is 0 Å². The molecule has 0 radical (unpaired) electrons. The third-order valence-electron chi connectivity index (χ3n) is 7.25. The van der Waals surface area contributed by atoms with E-state index in [0.717, 1.165) is 29.6 Å². The molecule has 0 N–H and O–H groups in total. The van der Waals surface area contributed by atoms with Crippen LogP contribution in [0.1, 0.15) is 103 Å². The molecule has 0 spiro atoms. The Bertz CT molecular complexity index is 256. The van der Waals surface area contributed by atoms with Crippen molar-refractivity contribution >= 4 is 0 Å². The molecule has 0 bridgehead atoms. The molecule has 0 saturated heterocycles. The first-order valence-electron chi connectivity index (χ1n) is 10.3. The van der Waals surface area contributed by atoms with Crippen LogP contribution in [-0.2, 0) is 0 Å². The van der Waals surface area contributed by atoms with Gasteiger partial charge in [-0.25, -0.2) is 0 Å². The maximum absolute atomic E-state index is 2.47. The second-order valence-electron chi connectivity index (χ2n) is 8.82. The lowest BCUT2D eigenvalue weighted by Gasteiger charge is -2.41. The smallest absolute Gasteiger partial charge is 0.0355 e. The average molecular weight is 291 g/mol. The molecule has 3 aliphatic rings. The van der Waals surface area contributed by atoms with Crippen molar-refractivity contribution in [1.82, 2.24) is 0 Å². The molecule has 0 amide bonds. The van der Waals surface area contributed by atoms with Crippen LogP contribution < -0.4 is 0 Å². The van der Waals surface area contributed by atoms with Crippen molar-refractivity contribution in [1.29, 1.82) is 0 Å². The summed E-state index contributed by atoms with van der Waals surface area (Å²) in [6, 6.07) is 0. The second-order valence-corrected chi connectivity index (χ2v) is 8.82. The molecule has 3 fully saturated rings. The Hall–Kier alpha value is 0. The molecular weight excluding hydrogens is 252 g/mol. The van der Waals surface area contributed by atoms with E-state index in [1.54, 1.807) is 44.9 Å². The monoisotopic (exact) mass is 290 g/mol. The maximum Gasteiger partial charge on any atom is -0.0355 e. The average Bonchev–Trinajstić information content (AvgIpc) is 2.56. The van der Waals surface area contributed by atoms with E-state index in [4.69, 9.17) is 0 Å². The molecule has 0 atom stereocenters. The van der Waals surface area contributed by atoms with Crippen LogP contribution in [-0.4, -0.2) is 0 Å². The Kier molecular flexibility index (Phi) is 6.07. The van der Waals surface area contributed by atoms with E-state index in [9.17, 15) is 0 Å². The van der Waals surface area contributed by atoms with E-state index in [1.807, 2.05) is 0 Å². The largest absolute Gasteiger partial charge is 0.0625 e. The summed E-state index contributed by atoms with van der Waals surface area (Å²) >= 11 is 0. The van der Waals surface area contributed by atoms with E-state index in [-0.39, 0.29) is 0 Å². The zero-order valence-corrected chi connectivity index (χ0v) is 14.5. The van der Waals surface area contributed by atoms with Gasteiger partial charge < -0.3 is 0 Å². The van der Waals surface area contributed by atoms with Crippen LogP contribution in [0, 0.1) is 29.6 Å². The summed E-state index contributed by atoms with van der Waals surface area (Å²) in [4.78, 5) is 0. The highest BCUT2D eigenvalue weighted by atomic mass is 14.4. The van der Waals surface area contributed by atoms with Crippen LogP contribution in [0.2, 0.25) is 0 Å². The topological polar surface area (TPSA) is 0 Å². The molecule has 0 aromatic heterocycles. The molecule has 3 aliphatic carbocycles. The summed E-state index contributed by atoms with van der Waals surface area (Å²) in [5, 5.41) is 0. The van der Waals surface area contributed by atoms with Gasteiger partial charge in [0.15, 0.2) is 0 Å². The molecule has 21 heavy (non-hydrogen) atoms. The zero-order valence-electron chi connectivity index (χ0n) is 14.5. The Morgan fingerprint density at radius 1 is 0.619 bits per heavy atom. The highest BCUT2D eigenvalue weighted by Crippen LogP contribution is 2.45. The normalized spacial score (nSPS) is 33.4. The molecule has 3 rings (SSSR count). The predicted octanol–water partition coefficient (Wildman–Crippen LogP) is 6.98. The minimum Gasteiger partial charge on any atom is -0.0625 e. The zero-order chi connectivity index (χ0) is 14.5. The molecule has 0 aliphatic heterocycles. The lowest BCUT2D eigenvalue weighted by molar-refractivity contribution is 0.103. The highest BCUT2D eigenvalue weighted by Gasteiger charge is 2.33. The summed E-state index contributed by atoms with van der Waals surface area (Å²) < 4.78 is 0. The van der Waals surface area contributed by atoms with E-state index in [0.29, 0.717) is 0 Å². The summed E-state index contributed by atoms with van der Waals surface area (Å²) in [6.07, 6.45) is 23.2. The molecule has 0 heterocycles. The summed E-state index contributed by atoms with van der Waals surface area (Å²) in [5.41, 5.74) is 0. The van der Waals surface area contributed by atoms with Crippen LogP contribution in [0.4, 0.5) is 0 Å². The molecular formula is C21H38. The Labute approximate surface area is 133 Å². The molecule has 0 heteroatoms. The second kappa shape index (κ2) is 8.02. The third-order valence-corrected chi connectivity index (χ3v) is 7.25. The first-order valence-corrected chi connectivity index (χ1v) is 10.3. The number of hydrogen-bond acceptors (Lipinski definition) is 0. The van der Waals surface area contributed by atoms with Gasteiger partial charge in [0.2, 0.25) is 0 Å². The number of rotatable bonds is 4. The molecule has 0 aromatic carbocycles. The predicted molar refractivity (Wildman–Crippen MR) is 92.4 cm³/mol. The first kappa shape index (κ1) is 15.9. The van der Waals surface area contributed by atoms with E-state index >= 15 is 0 Å². The molecule has 122 valence electrons. The minimum absolute atomic E-state index is 1.02. The van der Waals surface area contributed by atoms with Crippen LogP contribution >= 0.6 is 0 Å². The van der Waals surface area contributed by atoms with Gasteiger partial charge in [-0.2, -0.15) is 0 Å². The van der Waals surface area contributed by atoms with Crippen LogP contribution in [0.25, 0.3) is 0 Å². The lowest BCUT2D eigenvalue weighted by Crippen LogP contribution is -2.30. The minimum atomic E-state index is 1.02. The van der Waals surface area contributed by atoms with Crippen molar-refractivity contribution in [3.05, 3.63) is 0 Å². The summed E-state index contributed by atoms with van der Waals surface area (Å²) in [7, 11) is 0. The fourth-order valence-corrected chi connectivity index (χ4v) is 5.84. The summed E-state index contributed by atoms with van der Waals surface area (Å²) in [6.45, 7) is 2.47. The summed E-state index contributed by atoms with van der Waals surface area (Å²) in [5.74, 6) is 5.45. The van der Waals surface area contributed by atoms with Gasteiger partial charge in [-0.3, -0.25) is 0 Å². The molecule has 3 saturated carbocycles. The highest BCUT2D eigenvalue weighted by molar-refractivity contribution is 4.84. The van der Waals surface area contributed by atoms with Gasteiger partial charge >= 0.3 is 0 Å². The van der Waals surface area contributed by atoms with Gasteiger partial charge in [0.05, 0.1) is 0 Å². The van der Waals surface area contributed by atoms with Gasteiger partial charge in [-0.1, -0.05) is 96.8 Å². The van der Waals surface area contributed by atoms with Gasteiger partial charge in [0.1, 0.15) is 0 Å². The van der Waals surface area contributed by atoms with Crippen molar-refractivity contribution in [2.24, 2.45) is 29.6 Å². The molecule has 0 aromatic rings. The van der Waals surface area contributed by atoms with Gasteiger partial charge in [-0.05, 0) is 36.0 Å².